The number of primary amides is 1. The van der Waals surface area contributed by atoms with Gasteiger partial charge in [-0.05, 0) is 65.1 Å². The predicted octanol–water partition coefficient (Wildman–Crippen LogP) is 4.71. The molecule has 0 aliphatic rings. The van der Waals surface area contributed by atoms with Gasteiger partial charge in [0.15, 0.2) is 9.84 Å². The fraction of sp³-hybridized carbons (Fsp3) is 0.320. The van der Waals surface area contributed by atoms with Crippen molar-refractivity contribution < 1.29 is 13.2 Å². The van der Waals surface area contributed by atoms with E-state index in [0.717, 1.165) is 21.6 Å². The maximum atomic E-state index is 12.1. The number of hydrogen-bond acceptors (Lipinski definition) is 5. The summed E-state index contributed by atoms with van der Waals surface area (Å²) in [5, 5.41) is 5.55. The molecule has 0 aliphatic carbocycles. The zero-order chi connectivity index (χ0) is 23.5. The van der Waals surface area contributed by atoms with E-state index >= 15 is 0 Å². The van der Waals surface area contributed by atoms with Crippen LogP contribution in [0.4, 0.5) is 0 Å². The van der Waals surface area contributed by atoms with E-state index < -0.39 is 15.9 Å². The average molecular weight is 471 g/mol. The number of sulfone groups is 1. The Labute approximate surface area is 194 Å². The second-order valence-electron chi connectivity index (χ2n) is 8.57. The van der Waals surface area contributed by atoms with Gasteiger partial charge in [-0.25, -0.2) is 8.42 Å². The number of aryl methyl sites for hydroxylation is 1. The van der Waals surface area contributed by atoms with Crippen LogP contribution < -0.4 is 11.1 Å². The van der Waals surface area contributed by atoms with Crippen LogP contribution in [0.1, 0.15) is 42.3 Å². The lowest BCUT2D eigenvalue weighted by molar-refractivity contribution is -0.120. The van der Waals surface area contributed by atoms with Gasteiger partial charge < -0.3 is 5.73 Å². The number of nitrogens with two attached hydrogens (primary N) is 1. The molecule has 1 heterocycles. The molecule has 0 radical (unpaired) electrons. The highest BCUT2D eigenvalue weighted by Crippen LogP contribution is 2.32. The first kappa shape index (κ1) is 24.2. The Morgan fingerprint density at radius 3 is 2.00 bits per heavy atom. The first-order valence-corrected chi connectivity index (χ1v) is 13.3. The second kappa shape index (κ2) is 9.98. The maximum absolute atomic E-state index is 12.1. The topological polar surface area (TPSA) is 89.3 Å². The minimum atomic E-state index is -3.22. The van der Waals surface area contributed by atoms with Crippen molar-refractivity contribution in [2.75, 3.05) is 6.26 Å². The van der Waals surface area contributed by atoms with Crippen molar-refractivity contribution in [3.05, 3.63) is 76.0 Å². The zero-order valence-electron chi connectivity index (χ0n) is 18.8. The average Bonchev–Trinajstić information content (AvgIpc) is 3.16. The SMILES string of the molecule is Cc1ccsc1[C@@H](N[C@@H](CC(C)C)C(N)=O)c1ccc(-c2ccc(S(C)(=O)=O)cc2)cc1. The lowest BCUT2D eigenvalue weighted by Crippen LogP contribution is -2.44. The van der Waals surface area contributed by atoms with Crippen LogP contribution in [0.2, 0.25) is 0 Å². The Morgan fingerprint density at radius 1 is 1.00 bits per heavy atom. The van der Waals surface area contributed by atoms with Crippen LogP contribution in [0.25, 0.3) is 11.1 Å². The standard InChI is InChI=1S/C25H30N2O3S2/c1-16(2)15-22(25(26)28)27-23(24-17(3)13-14-31-24)20-7-5-18(6-8-20)19-9-11-21(12-10-19)32(4,29)30/h5-14,16,22-23,27H,15H2,1-4H3,(H2,26,28)/t22-,23-/m0/s1. The molecule has 3 rings (SSSR count). The van der Waals surface area contributed by atoms with E-state index in [-0.39, 0.29) is 11.9 Å². The highest BCUT2D eigenvalue weighted by molar-refractivity contribution is 7.90. The number of thiophene rings is 1. The van der Waals surface area contributed by atoms with Crippen LogP contribution in [0.3, 0.4) is 0 Å². The number of carbonyl (C=O) groups is 1. The Kier molecular flexibility index (Phi) is 7.54. The van der Waals surface area contributed by atoms with Crippen molar-refractivity contribution >= 4 is 27.1 Å². The molecule has 3 aromatic rings. The first-order chi connectivity index (χ1) is 15.1. The molecule has 0 saturated carbocycles. The molecular formula is C25H30N2O3S2. The molecule has 7 heteroatoms. The molecule has 2 aromatic carbocycles. The maximum Gasteiger partial charge on any atom is 0.234 e. The Balaban J connectivity index is 1.92. The summed E-state index contributed by atoms with van der Waals surface area (Å²) < 4.78 is 23.4. The number of hydrogen-bond donors (Lipinski definition) is 2. The van der Waals surface area contributed by atoms with Crippen LogP contribution in [-0.2, 0) is 14.6 Å². The van der Waals surface area contributed by atoms with Crippen molar-refractivity contribution in [3.63, 3.8) is 0 Å². The van der Waals surface area contributed by atoms with E-state index in [1.165, 1.54) is 11.8 Å². The van der Waals surface area contributed by atoms with Gasteiger partial charge >= 0.3 is 0 Å². The van der Waals surface area contributed by atoms with Gasteiger partial charge in [0, 0.05) is 11.1 Å². The monoisotopic (exact) mass is 470 g/mol. The normalized spacial score (nSPS) is 13.8. The summed E-state index contributed by atoms with van der Waals surface area (Å²) in [4.78, 5) is 13.6. The fourth-order valence-corrected chi connectivity index (χ4v) is 5.35. The van der Waals surface area contributed by atoms with Crippen molar-refractivity contribution in [2.24, 2.45) is 11.7 Å². The summed E-state index contributed by atoms with van der Waals surface area (Å²) >= 11 is 1.66. The van der Waals surface area contributed by atoms with E-state index in [0.29, 0.717) is 17.2 Å². The van der Waals surface area contributed by atoms with E-state index in [1.807, 2.05) is 36.4 Å². The summed E-state index contributed by atoms with van der Waals surface area (Å²) in [7, 11) is -3.22. The third-order valence-electron chi connectivity index (χ3n) is 5.44. The molecule has 0 fully saturated rings. The highest BCUT2D eigenvalue weighted by Gasteiger charge is 2.25. The minimum absolute atomic E-state index is 0.145. The fourth-order valence-electron chi connectivity index (χ4n) is 3.70. The van der Waals surface area contributed by atoms with Gasteiger partial charge in [-0.15, -0.1) is 11.3 Å². The van der Waals surface area contributed by atoms with Crippen molar-refractivity contribution in [1.82, 2.24) is 5.32 Å². The van der Waals surface area contributed by atoms with E-state index in [9.17, 15) is 13.2 Å². The molecule has 5 nitrogen and oxygen atoms in total. The second-order valence-corrected chi connectivity index (χ2v) is 11.5. The zero-order valence-corrected chi connectivity index (χ0v) is 20.5. The molecule has 0 aliphatic heterocycles. The Hall–Kier alpha value is -2.48. The largest absolute Gasteiger partial charge is 0.368 e. The van der Waals surface area contributed by atoms with Crippen molar-refractivity contribution in [2.45, 2.75) is 44.2 Å². The summed E-state index contributed by atoms with van der Waals surface area (Å²) in [5.74, 6) is -0.0112. The van der Waals surface area contributed by atoms with Crippen molar-refractivity contribution in [3.8, 4) is 11.1 Å². The van der Waals surface area contributed by atoms with Gasteiger partial charge in [0.25, 0.3) is 0 Å². The molecule has 3 N–H and O–H groups in total. The number of rotatable bonds is 9. The van der Waals surface area contributed by atoms with E-state index in [4.69, 9.17) is 5.73 Å². The van der Waals surface area contributed by atoms with Crippen molar-refractivity contribution in [1.29, 1.82) is 0 Å². The third-order valence-corrected chi connectivity index (χ3v) is 7.65. The molecule has 32 heavy (non-hydrogen) atoms. The molecule has 170 valence electrons. The lowest BCUT2D eigenvalue weighted by Gasteiger charge is -2.26. The summed E-state index contributed by atoms with van der Waals surface area (Å²) in [5.41, 5.74) is 9.85. The first-order valence-electron chi connectivity index (χ1n) is 10.6. The van der Waals surface area contributed by atoms with Crippen LogP contribution >= 0.6 is 11.3 Å². The lowest BCUT2D eigenvalue weighted by atomic mass is 9.96. The van der Waals surface area contributed by atoms with Crippen LogP contribution in [0, 0.1) is 12.8 Å². The molecule has 2 atom stereocenters. The number of carbonyl (C=O) groups excluding carboxylic acids is 1. The summed E-state index contributed by atoms with van der Waals surface area (Å²) in [6, 6.07) is 16.5. The molecule has 0 bridgehead atoms. The van der Waals surface area contributed by atoms with Gasteiger partial charge in [-0.2, -0.15) is 0 Å². The van der Waals surface area contributed by atoms with Gasteiger partial charge in [0.05, 0.1) is 17.0 Å². The highest BCUT2D eigenvalue weighted by atomic mass is 32.2. The summed E-state index contributed by atoms with van der Waals surface area (Å²) in [6.07, 6.45) is 1.87. The quantitative estimate of drug-likeness (QED) is 0.474. The van der Waals surface area contributed by atoms with Gasteiger partial charge in [-0.1, -0.05) is 50.2 Å². The smallest absolute Gasteiger partial charge is 0.234 e. The Morgan fingerprint density at radius 2 is 1.56 bits per heavy atom. The predicted molar refractivity (Wildman–Crippen MR) is 131 cm³/mol. The minimum Gasteiger partial charge on any atom is -0.368 e. The van der Waals surface area contributed by atoms with Gasteiger partial charge in [0.2, 0.25) is 5.91 Å². The van der Waals surface area contributed by atoms with Gasteiger partial charge in [-0.3, -0.25) is 10.1 Å². The molecule has 0 saturated heterocycles. The van der Waals surface area contributed by atoms with E-state index in [2.05, 4.69) is 37.5 Å². The molecule has 1 amide bonds. The number of benzene rings is 2. The number of amides is 1. The van der Waals surface area contributed by atoms with Crippen LogP contribution in [0.5, 0.6) is 0 Å². The Bertz CT molecular complexity index is 1160. The van der Waals surface area contributed by atoms with E-state index in [1.54, 1.807) is 23.5 Å². The van der Waals surface area contributed by atoms with Crippen LogP contribution in [-0.4, -0.2) is 26.6 Å². The molecule has 1 aromatic heterocycles. The molecular weight excluding hydrogens is 440 g/mol. The third kappa shape index (κ3) is 5.85. The molecule has 0 spiro atoms. The van der Waals surface area contributed by atoms with Crippen LogP contribution in [0.15, 0.2) is 64.9 Å². The van der Waals surface area contributed by atoms with Gasteiger partial charge in [0.1, 0.15) is 0 Å². The molecule has 0 unspecified atom stereocenters. The number of nitrogens with one attached hydrogen (secondary N) is 1. The summed E-state index contributed by atoms with van der Waals surface area (Å²) in [6.45, 7) is 6.22.